The van der Waals surface area contributed by atoms with E-state index in [1.54, 1.807) is 0 Å². The first kappa shape index (κ1) is 14.5. The number of nitrogens with one attached hydrogen (secondary N) is 1. The smallest absolute Gasteiger partial charge is 0.0669 e. The highest BCUT2D eigenvalue weighted by molar-refractivity contribution is 4.86. The van der Waals surface area contributed by atoms with Gasteiger partial charge in [-0.2, -0.15) is 5.26 Å². The zero-order valence-electron chi connectivity index (χ0n) is 11.8. The van der Waals surface area contributed by atoms with Crippen LogP contribution in [0.15, 0.2) is 0 Å². The molecule has 1 aliphatic carbocycles. The minimum absolute atomic E-state index is 0.178. The summed E-state index contributed by atoms with van der Waals surface area (Å²) < 4.78 is 0. The van der Waals surface area contributed by atoms with Crippen LogP contribution in [0.4, 0.5) is 0 Å². The van der Waals surface area contributed by atoms with Gasteiger partial charge in [0.1, 0.15) is 0 Å². The second-order valence-electron chi connectivity index (χ2n) is 6.19. The summed E-state index contributed by atoms with van der Waals surface area (Å²) in [6, 6.07) is 2.36. The Balaban J connectivity index is 2.30. The molecule has 1 atom stereocenters. The lowest BCUT2D eigenvalue weighted by atomic mass is 9.71. The first-order valence-electron chi connectivity index (χ1n) is 7.20. The summed E-state index contributed by atoms with van der Waals surface area (Å²) in [4.78, 5) is 0. The SMILES string of the molecule is CCC(C#N)CNCC(C)(C)C1CCCCC1. The zero-order chi connectivity index (χ0) is 12.7. The van der Waals surface area contributed by atoms with Crippen LogP contribution in [0.1, 0.15) is 59.3 Å². The molecule has 2 heteroatoms. The third kappa shape index (κ3) is 4.68. The first-order valence-corrected chi connectivity index (χ1v) is 7.20. The molecule has 17 heavy (non-hydrogen) atoms. The molecule has 0 amide bonds. The lowest BCUT2D eigenvalue weighted by Crippen LogP contribution is -2.38. The van der Waals surface area contributed by atoms with Crippen LogP contribution in [0.3, 0.4) is 0 Å². The minimum atomic E-state index is 0.178. The summed E-state index contributed by atoms with van der Waals surface area (Å²) in [5.74, 6) is 1.04. The second-order valence-corrected chi connectivity index (χ2v) is 6.19. The molecule has 1 aliphatic rings. The molecule has 0 aliphatic heterocycles. The Morgan fingerprint density at radius 1 is 1.29 bits per heavy atom. The van der Waals surface area contributed by atoms with E-state index in [9.17, 15) is 0 Å². The molecule has 0 aromatic heterocycles. The molecule has 1 fully saturated rings. The minimum Gasteiger partial charge on any atom is -0.315 e. The maximum Gasteiger partial charge on any atom is 0.0669 e. The summed E-state index contributed by atoms with van der Waals surface area (Å²) in [5.41, 5.74) is 0.383. The Morgan fingerprint density at radius 2 is 1.94 bits per heavy atom. The molecular formula is C15H28N2. The molecule has 0 bridgehead atoms. The Kier molecular flexibility index (Phi) is 5.98. The summed E-state index contributed by atoms with van der Waals surface area (Å²) >= 11 is 0. The van der Waals surface area contributed by atoms with Crippen LogP contribution < -0.4 is 5.32 Å². The fraction of sp³-hybridized carbons (Fsp3) is 0.933. The fourth-order valence-electron chi connectivity index (χ4n) is 2.88. The normalized spacial score (nSPS) is 19.9. The Morgan fingerprint density at radius 3 is 2.47 bits per heavy atom. The Hall–Kier alpha value is -0.550. The fourth-order valence-corrected chi connectivity index (χ4v) is 2.88. The molecule has 0 radical (unpaired) electrons. The summed E-state index contributed by atoms with van der Waals surface area (Å²) in [7, 11) is 0. The molecule has 0 heterocycles. The van der Waals surface area contributed by atoms with Crippen molar-refractivity contribution in [3.05, 3.63) is 0 Å². The highest BCUT2D eigenvalue weighted by Gasteiger charge is 2.30. The molecule has 0 saturated heterocycles. The van der Waals surface area contributed by atoms with Gasteiger partial charge in [-0.25, -0.2) is 0 Å². The van der Waals surface area contributed by atoms with Crippen LogP contribution in [0, 0.1) is 28.6 Å². The van der Waals surface area contributed by atoms with Gasteiger partial charge < -0.3 is 5.32 Å². The van der Waals surface area contributed by atoms with Crippen molar-refractivity contribution in [3.63, 3.8) is 0 Å². The zero-order valence-corrected chi connectivity index (χ0v) is 11.8. The monoisotopic (exact) mass is 236 g/mol. The predicted molar refractivity (Wildman–Crippen MR) is 72.6 cm³/mol. The summed E-state index contributed by atoms with van der Waals surface area (Å²) in [6.45, 7) is 8.74. The van der Waals surface area contributed by atoms with Gasteiger partial charge in [0.2, 0.25) is 0 Å². The van der Waals surface area contributed by atoms with Crippen molar-refractivity contribution in [1.82, 2.24) is 5.32 Å². The van der Waals surface area contributed by atoms with Gasteiger partial charge in [-0.05, 0) is 30.6 Å². The second kappa shape index (κ2) is 7.01. The van der Waals surface area contributed by atoms with Crippen LogP contribution in [-0.4, -0.2) is 13.1 Å². The van der Waals surface area contributed by atoms with E-state index in [1.165, 1.54) is 32.1 Å². The van der Waals surface area contributed by atoms with Crippen molar-refractivity contribution >= 4 is 0 Å². The first-order chi connectivity index (χ1) is 8.10. The van der Waals surface area contributed by atoms with Gasteiger partial charge >= 0.3 is 0 Å². The maximum atomic E-state index is 8.91. The lowest BCUT2D eigenvalue weighted by Gasteiger charge is -2.37. The Labute approximate surface area is 107 Å². The van der Waals surface area contributed by atoms with Gasteiger partial charge in [-0.15, -0.1) is 0 Å². The highest BCUT2D eigenvalue weighted by Crippen LogP contribution is 2.37. The average molecular weight is 236 g/mol. The van der Waals surface area contributed by atoms with Crippen molar-refractivity contribution in [2.75, 3.05) is 13.1 Å². The quantitative estimate of drug-likeness (QED) is 0.762. The van der Waals surface area contributed by atoms with Gasteiger partial charge in [0.15, 0.2) is 0 Å². The standard InChI is InChI=1S/C15H28N2/c1-4-13(10-16)11-17-12-15(2,3)14-8-6-5-7-9-14/h13-14,17H,4-9,11-12H2,1-3H3. The lowest BCUT2D eigenvalue weighted by molar-refractivity contribution is 0.153. The molecule has 0 aromatic rings. The highest BCUT2D eigenvalue weighted by atomic mass is 14.9. The number of hydrogen-bond acceptors (Lipinski definition) is 2. The average Bonchev–Trinajstić information content (AvgIpc) is 2.36. The van der Waals surface area contributed by atoms with Crippen molar-refractivity contribution in [2.45, 2.75) is 59.3 Å². The Bertz CT molecular complexity index is 246. The van der Waals surface area contributed by atoms with Crippen LogP contribution in [-0.2, 0) is 0 Å². The van der Waals surface area contributed by atoms with E-state index in [-0.39, 0.29) is 5.92 Å². The van der Waals surface area contributed by atoms with E-state index in [0.29, 0.717) is 5.41 Å². The van der Waals surface area contributed by atoms with Crippen LogP contribution in [0.5, 0.6) is 0 Å². The van der Waals surface area contributed by atoms with Crippen LogP contribution in [0.25, 0.3) is 0 Å². The number of rotatable bonds is 6. The van der Waals surface area contributed by atoms with E-state index < -0.39 is 0 Å². The van der Waals surface area contributed by atoms with E-state index in [2.05, 4.69) is 32.2 Å². The van der Waals surface area contributed by atoms with Crippen molar-refractivity contribution in [3.8, 4) is 6.07 Å². The van der Waals surface area contributed by atoms with Gasteiger partial charge in [0, 0.05) is 13.1 Å². The molecule has 1 N–H and O–H groups in total. The van der Waals surface area contributed by atoms with Crippen molar-refractivity contribution in [2.24, 2.45) is 17.3 Å². The number of nitrogens with zero attached hydrogens (tertiary/aromatic N) is 1. The van der Waals surface area contributed by atoms with Gasteiger partial charge in [-0.1, -0.05) is 40.0 Å². The summed E-state index contributed by atoms with van der Waals surface area (Å²) in [5, 5.41) is 12.4. The van der Waals surface area contributed by atoms with Gasteiger partial charge in [-0.3, -0.25) is 0 Å². The summed E-state index contributed by atoms with van der Waals surface area (Å²) in [6.07, 6.45) is 7.97. The topological polar surface area (TPSA) is 35.8 Å². The van der Waals surface area contributed by atoms with Gasteiger partial charge in [0.05, 0.1) is 12.0 Å². The van der Waals surface area contributed by atoms with Crippen molar-refractivity contribution < 1.29 is 0 Å². The molecular weight excluding hydrogens is 208 g/mol. The molecule has 1 saturated carbocycles. The molecule has 0 aromatic carbocycles. The number of hydrogen-bond donors (Lipinski definition) is 1. The molecule has 0 spiro atoms. The molecule has 1 rings (SSSR count). The molecule has 1 unspecified atom stereocenters. The third-order valence-electron chi connectivity index (χ3n) is 4.36. The van der Waals surface area contributed by atoms with Crippen molar-refractivity contribution in [1.29, 1.82) is 5.26 Å². The van der Waals surface area contributed by atoms with E-state index in [4.69, 9.17) is 5.26 Å². The molecule has 2 nitrogen and oxygen atoms in total. The van der Waals surface area contributed by atoms with E-state index >= 15 is 0 Å². The van der Waals surface area contributed by atoms with E-state index in [1.807, 2.05) is 0 Å². The number of nitriles is 1. The van der Waals surface area contributed by atoms with Crippen LogP contribution >= 0.6 is 0 Å². The van der Waals surface area contributed by atoms with E-state index in [0.717, 1.165) is 25.4 Å². The maximum absolute atomic E-state index is 8.91. The molecule has 98 valence electrons. The van der Waals surface area contributed by atoms with Gasteiger partial charge in [0.25, 0.3) is 0 Å². The van der Waals surface area contributed by atoms with Crippen LogP contribution in [0.2, 0.25) is 0 Å². The third-order valence-corrected chi connectivity index (χ3v) is 4.36. The largest absolute Gasteiger partial charge is 0.315 e. The predicted octanol–water partition coefficient (Wildman–Crippen LogP) is 3.73.